The molecule has 22 heavy (non-hydrogen) atoms. The van der Waals surface area contributed by atoms with Crippen LogP contribution in [-0.4, -0.2) is 42.2 Å². The second-order valence-electron chi connectivity index (χ2n) is 5.70. The number of aromatic nitrogens is 2. The van der Waals surface area contributed by atoms with E-state index in [-0.39, 0.29) is 0 Å². The van der Waals surface area contributed by atoms with E-state index in [1.807, 2.05) is 6.08 Å². The Morgan fingerprint density at radius 3 is 3.14 bits per heavy atom. The molecule has 5 heteroatoms. The van der Waals surface area contributed by atoms with Crippen LogP contribution in [0.25, 0.3) is 11.2 Å². The van der Waals surface area contributed by atoms with Crippen molar-refractivity contribution in [2.75, 3.05) is 37.7 Å². The number of pyridine rings is 1. The quantitative estimate of drug-likeness (QED) is 0.921. The lowest BCUT2D eigenvalue weighted by atomic mass is 10.2. The number of hydrogen-bond donors (Lipinski definition) is 1. The molecule has 1 saturated heterocycles. The summed E-state index contributed by atoms with van der Waals surface area (Å²) in [4.78, 5) is 7.18. The van der Waals surface area contributed by atoms with Gasteiger partial charge >= 0.3 is 0 Å². The van der Waals surface area contributed by atoms with Crippen LogP contribution in [0, 0.1) is 0 Å². The molecule has 0 unspecified atom stereocenters. The predicted molar refractivity (Wildman–Crippen MR) is 88.0 cm³/mol. The van der Waals surface area contributed by atoms with Crippen molar-refractivity contribution in [2.45, 2.75) is 6.42 Å². The van der Waals surface area contributed by atoms with Gasteiger partial charge in [0.05, 0.1) is 12.0 Å². The van der Waals surface area contributed by atoms with E-state index in [4.69, 9.17) is 9.72 Å². The summed E-state index contributed by atoms with van der Waals surface area (Å²) < 4.78 is 7.43. The number of nitrogens with one attached hydrogen (secondary N) is 1. The van der Waals surface area contributed by atoms with Gasteiger partial charge < -0.3 is 19.4 Å². The van der Waals surface area contributed by atoms with Gasteiger partial charge in [0.1, 0.15) is 12.3 Å². The van der Waals surface area contributed by atoms with Crippen molar-refractivity contribution < 1.29 is 4.74 Å². The molecule has 4 rings (SSSR count). The zero-order chi connectivity index (χ0) is 14.8. The molecule has 2 aromatic rings. The van der Waals surface area contributed by atoms with Crippen LogP contribution in [0.1, 0.15) is 12.1 Å². The standard InChI is InChI=1S/C17H20N4O/c1-3-14(13-22-10-1)16-12-21-8-4-15(11-17(21)19-16)20-7-2-5-18-6-9-20/h1,3-4,8,10-12,18H,2,5-7,9,13H2. The fourth-order valence-corrected chi connectivity index (χ4v) is 2.98. The lowest BCUT2D eigenvalue weighted by Gasteiger charge is -2.22. The summed E-state index contributed by atoms with van der Waals surface area (Å²) in [6.07, 6.45) is 11.0. The first-order valence-corrected chi connectivity index (χ1v) is 7.82. The zero-order valence-corrected chi connectivity index (χ0v) is 12.5. The summed E-state index contributed by atoms with van der Waals surface area (Å²) in [6, 6.07) is 4.35. The molecule has 2 aliphatic rings. The summed E-state index contributed by atoms with van der Waals surface area (Å²) in [6.45, 7) is 4.88. The number of nitrogens with zero attached hydrogens (tertiary/aromatic N) is 3. The van der Waals surface area contributed by atoms with Crippen molar-refractivity contribution in [1.82, 2.24) is 14.7 Å². The first-order valence-electron chi connectivity index (χ1n) is 7.82. The third-order valence-electron chi connectivity index (χ3n) is 4.19. The maximum atomic E-state index is 5.35. The second kappa shape index (κ2) is 5.85. The molecule has 2 aromatic heterocycles. The Kier molecular flexibility index (Phi) is 3.56. The molecule has 0 amide bonds. The maximum absolute atomic E-state index is 5.35. The van der Waals surface area contributed by atoms with E-state index in [0.717, 1.165) is 43.1 Å². The highest BCUT2D eigenvalue weighted by molar-refractivity contribution is 5.69. The Labute approximate surface area is 129 Å². The van der Waals surface area contributed by atoms with E-state index in [0.29, 0.717) is 6.61 Å². The fraction of sp³-hybridized carbons (Fsp3) is 0.353. The monoisotopic (exact) mass is 296 g/mol. The molecule has 114 valence electrons. The van der Waals surface area contributed by atoms with Crippen LogP contribution < -0.4 is 10.2 Å². The van der Waals surface area contributed by atoms with Crippen LogP contribution in [0.2, 0.25) is 0 Å². The molecule has 1 fully saturated rings. The molecule has 0 radical (unpaired) electrons. The summed E-state index contributed by atoms with van der Waals surface area (Å²) in [5.74, 6) is 0. The number of hydrogen-bond acceptors (Lipinski definition) is 4. The van der Waals surface area contributed by atoms with Gasteiger partial charge in [0.2, 0.25) is 0 Å². The summed E-state index contributed by atoms with van der Waals surface area (Å²) in [5.41, 5.74) is 4.34. The van der Waals surface area contributed by atoms with Gasteiger partial charge in [-0.1, -0.05) is 6.08 Å². The smallest absolute Gasteiger partial charge is 0.139 e. The fourth-order valence-electron chi connectivity index (χ4n) is 2.98. The topological polar surface area (TPSA) is 41.8 Å². The van der Waals surface area contributed by atoms with E-state index in [1.165, 1.54) is 12.1 Å². The summed E-state index contributed by atoms with van der Waals surface area (Å²) in [7, 11) is 0. The number of imidazole rings is 1. The largest absolute Gasteiger partial charge is 0.496 e. The second-order valence-corrected chi connectivity index (χ2v) is 5.70. The number of rotatable bonds is 2. The lowest BCUT2D eigenvalue weighted by molar-refractivity contribution is 0.292. The molecule has 0 aliphatic carbocycles. The van der Waals surface area contributed by atoms with Crippen LogP contribution >= 0.6 is 0 Å². The summed E-state index contributed by atoms with van der Waals surface area (Å²) >= 11 is 0. The normalized spacial score (nSPS) is 18.9. The highest BCUT2D eigenvalue weighted by Gasteiger charge is 2.12. The molecule has 0 atom stereocenters. The molecular weight excluding hydrogens is 276 g/mol. The molecule has 5 nitrogen and oxygen atoms in total. The number of allylic oxidation sites excluding steroid dienone is 2. The van der Waals surface area contributed by atoms with Crippen molar-refractivity contribution in [2.24, 2.45) is 0 Å². The van der Waals surface area contributed by atoms with Crippen LogP contribution in [0.15, 0.2) is 42.9 Å². The first-order chi connectivity index (χ1) is 10.9. The molecule has 0 spiro atoms. The van der Waals surface area contributed by atoms with Crippen molar-refractivity contribution in [3.63, 3.8) is 0 Å². The van der Waals surface area contributed by atoms with Gasteiger partial charge in [0.25, 0.3) is 0 Å². The van der Waals surface area contributed by atoms with Crippen LogP contribution in [0.5, 0.6) is 0 Å². The Morgan fingerprint density at radius 1 is 1.23 bits per heavy atom. The summed E-state index contributed by atoms with van der Waals surface area (Å²) in [5, 5.41) is 3.44. The number of ether oxygens (including phenoxy) is 1. The predicted octanol–water partition coefficient (Wildman–Crippen LogP) is 2.06. The van der Waals surface area contributed by atoms with Gasteiger partial charge in [-0.2, -0.15) is 0 Å². The minimum Gasteiger partial charge on any atom is -0.496 e. The molecule has 2 aliphatic heterocycles. The third-order valence-corrected chi connectivity index (χ3v) is 4.19. The van der Waals surface area contributed by atoms with E-state index in [9.17, 15) is 0 Å². The average Bonchev–Trinajstić information content (AvgIpc) is 2.81. The number of fused-ring (bicyclic) bond motifs is 1. The van der Waals surface area contributed by atoms with E-state index >= 15 is 0 Å². The van der Waals surface area contributed by atoms with E-state index in [2.05, 4.69) is 45.2 Å². The van der Waals surface area contributed by atoms with E-state index in [1.54, 1.807) is 6.26 Å². The van der Waals surface area contributed by atoms with Crippen molar-refractivity contribution in [1.29, 1.82) is 0 Å². The number of anilines is 1. The zero-order valence-electron chi connectivity index (χ0n) is 12.5. The average molecular weight is 296 g/mol. The first kappa shape index (κ1) is 13.4. The van der Waals surface area contributed by atoms with Crippen molar-refractivity contribution >= 4 is 16.9 Å². The maximum Gasteiger partial charge on any atom is 0.139 e. The molecular formula is C17H20N4O. The highest BCUT2D eigenvalue weighted by atomic mass is 16.5. The van der Waals surface area contributed by atoms with E-state index < -0.39 is 0 Å². The Morgan fingerprint density at radius 2 is 2.23 bits per heavy atom. The van der Waals surface area contributed by atoms with Crippen LogP contribution in [-0.2, 0) is 4.74 Å². The SMILES string of the molecule is C1=COCC(c2cn3ccc(N4CCCNCC4)cc3n2)=C1. The molecule has 0 aromatic carbocycles. The Hall–Kier alpha value is -2.27. The Bertz CT molecular complexity index is 723. The van der Waals surface area contributed by atoms with Crippen molar-refractivity contribution in [3.8, 4) is 0 Å². The van der Waals surface area contributed by atoms with Crippen LogP contribution in [0.4, 0.5) is 5.69 Å². The van der Waals surface area contributed by atoms with Gasteiger partial charge in [-0.05, 0) is 25.1 Å². The van der Waals surface area contributed by atoms with Gasteiger partial charge in [-0.25, -0.2) is 4.98 Å². The third kappa shape index (κ3) is 2.60. The molecule has 0 saturated carbocycles. The van der Waals surface area contributed by atoms with Crippen molar-refractivity contribution in [3.05, 3.63) is 48.6 Å². The molecule has 4 heterocycles. The minimum atomic E-state index is 0.588. The van der Waals surface area contributed by atoms with Gasteiger partial charge in [-0.3, -0.25) is 0 Å². The Balaban J connectivity index is 1.65. The van der Waals surface area contributed by atoms with Gasteiger partial charge in [0.15, 0.2) is 0 Å². The highest BCUT2D eigenvalue weighted by Crippen LogP contribution is 2.21. The van der Waals surface area contributed by atoms with Gasteiger partial charge in [-0.15, -0.1) is 0 Å². The molecule has 1 N–H and O–H groups in total. The van der Waals surface area contributed by atoms with Gasteiger partial charge in [0, 0.05) is 49.4 Å². The molecule has 0 bridgehead atoms. The minimum absolute atomic E-state index is 0.588. The lowest BCUT2D eigenvalue weighted by Crippen LogP contribution is -2.27. The van der Waals surface area contributed by atoms with Crippen LogP contribution in [0.3, 0.4) is 0 Å².